The summed E-state index contributed by atoms with van der Waals surface area (Å²) in [7, 11) is -3.62. The topological polar surface area (TPSA) is 59.1 Å². The number of rotatable bonds is 4. The van der Waals surface area contributed by atoms with E-state index in [0.717, 1.165) is 16.7 Å². The highest BCUT2D eigenvalue weighted by Crippen LogP contribution is 2.23. The van der Waals surface area contributed by atoms with Crippen molar-refractivity contribution in [2.75, 3.05) is 4.72 Å². The number of anilines is 1. The molecule has 3 aromatic rings. The molecule has 0 aliphatic rings. The van der Waals surface area contributed by atoms with Crippen LogP contribution in [-0.4, -0.2) is 13.4 Å². The van der Waals surface area contributed by atoms with Crippen molar-refractivity contribution < 1.29 is 8.42 Å². The van der Waals surface area contributed by atoms with Gasteiger partial charge in [-0.2, -0.15) is 0 Å². The van der Waals surface area contributed by atoms with E-state index in [0.29, 0.717) is 5.69 Å². The summed E-state index contributed by atoms with van der Waals surface area (Å²) >= 11 is 0. The lowest BCUT2D eigenvalue weighted by molar-refractivity contribution is 0.601. The lowest BCUT2D eigenvalue weighted by Crippen LogP contribution is -2.13. The third kappa shape index (κ3) is 3.57. The molecule has 4 nitrogen and oxygen atoms in total. The fourth-order valence-corrected chi connectivity index (χ4v) is 3.42. The number of hydrogen-bond donors (Lipinski definition) is 1. The van der Waals surface area contributed by atoms with Crippen molar-refractivity contribution in [3.63, 3.8) is 0 Å². The van der Waals surface area contributed by atoms with Crippen LogP contribution in [0.3, 0.4) is 0 Å². The number of hydrogen-bond acceptors (Lipinski definition) is 3. The van der Waals surface area contributed by atoms with Crippen LogP contribution in [0.15, 0.2) is 78.0 Å². The van der Waals surface area contributed by atoms with Crippen molar-refractivity contribution in [2.45, 2.75) is 11.8 Å². The summed E-state index contributed by atoms with van der Waals surface area (Å²) in [5, 5.41) is 0. The number of nitrogens with zero attached hydrogens (tertiary/aromatic N) is 1. The predicted molar refractivity (Wildman–Crippen MR) is 91.7 cm³/mol. The second kappa shape index (κ2) is 6.22. The Balaban J connectivity index is 1.91. The molecule has 1 heterocycles. The summed E-state index contributed by atoms with van der Waals surface area (Å²) in [6.45, 7) is 1.86. The van der Waals surface area contributed by atoms with E-state index in [4.69, 9.17) is 0 Å². The van der Waals surface area contributed by atoms with Gasteiger partial charge < -0.3 is 0 Å². The van der Waals surface area contributed by atoms with Crippen molar-refractivity contribution in [1.29, 1.82) is 0 Å². The maximum absolute atomic E-state index is 12.5. The van der Waals surface area contributed by atoms with E-state index >= 15 is 0 Å². The predicted octanol–water partition coefficient (Wildman–Crippen LogP) is 3.86. The molecule has 2 aromatic carbocycles. The van der Waals surface area contributed by atoms with E-state index in [2.05, 4.69) is 9.71 Å². The summed E-state index contributed by atoms with van der Waals surface area (Å²) in [4.78, 5) is 4.37. The van der Waals surface area contributed by atoms with Gasteiger partial charge in [-0.3, -0.25) is 9.71 Å². The number of sulfonamides is 1. The highest BCUT2D eigenvalue weighted by Gasteiger charge is 2.14. The SMILES string of the molecule is Cc1cccc(S(=O)(=O)Nc2cncc(-c3ccccc3)c2)c1. The molecule has 0 bridgehead atoms. The van der Waals surface area contributed by atoms with E-state index in [-0.39, 0.29) is 4.90 Å². The molecule has 116 valence electrons. The van der Waals surface area contributed by atoms with Crippen LogP contribution in [0.1, 0.15) is 5.56 Å². The fourth-order valence-electron chi connectivity index (χ4n) is 2.28. The number of benzene rings is 2. The first-order chi connectivity index (χ1) is 11.0. The summed E-state index contributed by atoms with van der Waals surface area (Å²) in [5.74, 6) is 0. The van der Waals surface area contributed by atoms with Crippen molar-refractivity contribution in [2.24, 2.45) is 0 Å². The monoisotopic (exact) mass is 324 g/mol. The lowest BCUT2D eigenvalue weighted by Gasteiger charge is -2.10. The van der Waals surface area contributed by atoms with Gasteiger partial charge in [-0.25, -0.2) is 8.42 Å². The number of pyridine rings is 1. The zero-order valence-corrected chi connectivity index (χ0v) is 13.4. The summed E-state index contributed by atoms with van der Waals surface area (Å²) in [6.07, 6.45) is 3.21. The Morgan fingerprint density at radius 1 is 0.870 bits per heavy atom. The molecular formula is C18H16N2O2S. The first kappa shape index (κ1) is 15.2. The Bertz CT molecular complexity index is 923. The standard InChI is InChI=1S/C18H16N2O2S/c1-14-6-5-9-18(10-14)23(21,22)20-17-11-16(12-19-13-17)15-7-3-2-4-8-15/h2-13,20H,1H3. The number of nitrogens with one attached hydrogen (secondary N) is 1. The van der Waals surface area contributed by atoms with Crippen LogP contribution >= 0.6 is 0 Å². The van der Waals surface area contributed by atoms with Crippen LogP contribution in [0.5, 0.6) is 0 Å². The number of aromatic nitrogens is 1. The van der Waals surface area contributed by atoms with Gasteiger partial charge in [0.2, 0.25) is 0 Å². The van der Waals surface area contributed by atoms with Crippen molar-refractivity contribution in [3.8, 4) is 11.1 Å². The normalized spacial score (nSPS) is 11.2. The summed E-state index contributed by atoms with van der Waals surface area (Å²) in [5.41, 5.74) is 3.17. The molecular weight excluding hydrogens is 308 g/mol. The first-order valence-corrected chi connectivity index (χ1v) is 8.63. The van der Waals surface area contributed by atoms with Crippen LogP contribution in [0, 0.1) is 6.92 Å². The maximum Gasteiger partial charge on any atom is 0.261 e. The molecule has 0 atom stereocenters. The Hall–Kier alpha value is -2.66. The van der Waals surface area contributed by atoms with Gasteiger partial charge in [0.05, 0.1) is 16.8 Å². The van der Waals surface area contributed by atoms with Gasteiger partial charge in [0, 0.05) is 11.8 Å². The molecule has 5 heteroatoms. The molecule has 3 rings (SSSR count). The van der Waals surface area contributed by atoms with E-state index in [1.165, 1.54) is 6.20 Å². The van der Waals surface area contributed by atoms with Crippen LogP contribution in [-0.2, 0) is 10.0 Å². The molecule has 23 heavy (non-hydrogen) atoms. The highest BCUT2D eigenvalue weighted by atomic mass is 32.2. The molecule has 0 radical (unpaired) electrons. The Morgan fingerprint density at radius 3 is 2.39 bits per heavy atom. The molecule has 0 saturated heterocycles. The van der Waals surface area contributed by atoms with E-state index in [1.807, 2.05) is 43.3 Å². The molecule has 0 amide bonds. The van der Waals surface area contributed by atoms with Crippen LogP contribution in [0.4, 0.5) is 5.69 Å². The molecule has 0 saturated carbocycles. The second-order valence-electron chi connectivity index (χ2n) is 5.25. The Morgan fingerprint density at radius 2 is 1.65 bits per heavy atom. The maximum atomic E-state index is 12.5. The third-order valence-corrected chi connectivity index (χ3v) is 4.78. The molecule has 0 aliphatic heterocycles. The van der Waals surface area contributed by atoms with Gasteiger partial charge in [-0.15, -0.1) is 0 Å². The molecule has 0 fully saturated rings. The van der Waals surface area contributed by atoms with Crippen LogP contribution in [0.25, 0.3) is 11.1 Å². The van der Waals surface area contributed by atoms with E-state index in [9.17, 15) is 8.42 Å². The van der Waals surface area contributed by atoms with Gasteiger partial charge in [0.25, 0.3) is 10.0 Å². The smallest absolute Gasteiger partial charge is 0.261 e. The van der Waals surface area contributed by atoms with Gasteiger partial charge in [0.15, 0.2) is 0 Å². The lowest BCUT2D eigenvalue weighted by atomic mass is 10.1. The first-order valence-electron chi connectivity index (χ1n) is 7.14. The van der Waals surface area contributed by atoms with Crippen LogP contribution in [0.2, 0.25) is 0 Å². The van der Waals surface area contributed by atoms with E-state index in [1.54, 1.807) is 30.5 Å². The van der Waals surface area contributed by atoms with Crippen molar-refractivity contribution in [3.05, 3.63) is 78.6 Å². The Kier molecular flexibility index (Phi) is 4.12. The zero-order chi connectivity index (χ0) is 16.3. The average molecular weight is 324 g/mol. The molecule has 0 aliphatic carbocycles. The minimum Gasteiger partial charge on any atom is -0.278 e. The Labute approximate surface area is 135 Å². The minimum atomic E-state index is -3.62. The van der Waals surface area contributed by atoms with Gasteiger partial charge in [-0.05, 0) is 36.2 Å². The van der Waals surface area contributed by atoms with Crippen molar-refractivity contribution >= 4 is 15.7 Å². The molecule has 0 unspecified atom stereocenters. The summed E-state index contributed by atoms with van der Waals surface area (Å²) in [6, 6.07) is 18.3. The molecule has 1 aromatic heterocycles. The van der Waals surface area contributed by atoms with Gasteiger partial charge in [0.1, 0.15) is 0 Å². The van der Waals surface area contributed by atoms with Crippen molar-refractivity contribution in [1.82, 2.24) is 4.98 Å². The second-order valence-corrected chi connectivity index (χ2v) is 6.93. The van der Waals surface area contributed by atoms with E-state index < -0.39 is 10.0 Å². The fraction of sp³-hybridized carbons (Fsp3) is 0.0556. The highest BCUT2D eigenvalue weighted by molar-refractivity contribution is 7.92. The van der Waals surface area contributed by atoms with Gasteiger partial charge >= 0.3 is 0 Å². The third-order valence-electron chi connectivity index (χ3n) is 3.40. The minimum absolute atomic E-state index is 0.239. The quantitative estimate of drug-likeness (QED) is 0.793. The molecule has 1 N–H and O–H groups in total. The molecule has 0 spiro atoms. The summed E-state index contributed by atoms with van der Waals surface area (Å²) < 4.78 is 27.5. The number of aryl methyl sites for hydroxylation is 1. The van der Waals surface area contributed by atoms with Gasteiger partial charge in [-0.1, -0.05) is 42.5 Å². The largest absolute Gasteiger partial charge is 0.278 e. The average Bonchev–Trinajstić information content (AvgIpc) is 2.55. The van der Waals surface area contributed by atoms with Crippen LogP contribution < -0.4 is 4.72 Å². The zero-order valence-electron chi connectivity index (χ0n) is 12.6.